The third kappa shape index (κ3) is 9.13. The van der Waals surface area contributed by atoms with Gasteiger partial charge in [-0.2, -0.15) is 0 Å². The van der Waals surface area contributed by atoms with E-state index in [4.69, 9.17) is 0 Å². The first kappa shape index (κ1) is 29.1. The van der Waals surface area contributed by atoms with Gasteiger partial charge in [0.2, 0.25) is 0 Å². The predicted octanol–water partition coefficient (Wildman–Crippen LogP) is 9.97. The molecule has 3 heteroatoms. The third-order valence-corrected chi connectivity index (χ3v) is 14.9. The summed E-state index contributed by atoms with van der Waals surface area (Å²) in [6.45, 7) is 15.4. The molecule has 0 spiro atoms. The quantitative estimate of drug-likeness (QED) is 0.117. The van der Waals surface area contributed by atoms with Gasteiger partial charge in [0.05, 0.1) is 18.9 Å². The first-order chi connectivity index (χ1) is 15.5. The van der Waals surface area contributed by atoms with E-state index in [-0.39, 0.29) is 0 Å². The van der Waals surface area contributed by atoms with Crippen molar-refractivity contribution in [1.29, 1.82) is 0 Å². The molecule has 32 heavy (non-hydrogen) atoms. The molecule has 0 heterocycles. The minimum atomic E-state index is -1.65. The molecule has 0 aliphatic rings. The molecule has 1 aromatic carbocycles. The second-order valence-electron chi connectivity index (χ2n) is 9.61. The lowest BCUT2D eigenvalue weighted by Gasteiger charge is -2.41. The summed E-state index contributed by atoms with van der Waals surface area (Å²) in [4.78, 5) is 2.13. The number of unbranched alkanes of at least 4 members (excludes halogenated alkanes) is 5. The van der Waals surface area contributed by atoms with E-state index in [0.717, 1.165) is 4.90 Å². The third-order valence-electron chi connectivity index (χ3n) is 6.99. The van der Waals surface area contributed by atoms with E-state index in [0.29, 0.717) is 5.54 Å². The molecule has 0 saturated carbocycles. The van der Waals surface area contributed by atoms with Crippen molar-refractivity contribution in [3.8, 4) is 0 Å². The van der Waals surface area contributed by atoms with Crippen molar-refractivity contribution in [2.24, 2.45) is 0 Å². The maximum atomic E-state index is 14.0. The molecular formula is C29H50OSSi. The van der Waals surface area contributed by atoms with Crippen LogP contribution in [-0.2, 0) is 10.8 Å². The molecule has 1 aromatic rings. The molecule has 0 N–H and O–H groups in total. The molecule has 0 saturated heterocycles. The topological polar surface area (TPSA) is 17.1 Å². The molecule has 0 bridgehead atoms. The molecule has 0 fully saturated rings. The van der Waals surface area contributed by atoms with Crippen LogP contribution in [0.15, 0.2) is 52.8 Å². The Morgan fingerprint density at radius 1 is 0.875 bits per heavy atom. The van der Waals surface area contributed by atoms with Crippen molar-refractivity contribution in [3.63, 3.8) is 0 Å². The molecule has 2 atom stereocenters. The van der Waals surface area contributed by atoms with Crippen LogP contribution < -0.4 is 0 Å². The van der Waals surface area contributed by atoms with Crippen molar-refractivity contribution in [2.45, 2.75) is 127 Å². The Bertz CT molecular complexity index is 670. The highest BCUT2D eigenvalue weighted by Crippen LogP contribution is 2.47. The van der Waals surface area contributed by atoms with Crippen LogP contribution in [0.4, 0.5) is 0 Å². The van der Waals surface area contributed by atoms with Gasteiger partial charge in [0.25, 0.3) is 0 Å². The fourth-order valence-electron chi connectivity index (χ4n) is 5.05. The van der Waals surface area contributed by atoms with Crippen molar-refractivity contribution in [3.05, 3.63) is 53.5 Å². The van der Waals surface area contributed by atoms with E-state index in [1.165, 1.54) is 92.8 Å². The van der Waals surface area contributed by atoms with Crippen molar-refractivity contribution in [2.75, 3.05) is 0 Å². The Hall–Kier alpha value is -0.933. The van der Waals surface area contributed by atoms with Gasteiger partial charge >= 0.3 is 0 Å². The molecule has 0 aromatic heterocycles. The Labute approximate surface area is 203 Å². The zero-order valence-electron chi connectivity index (χ0n) is 21.8. The van der Waals surface area contributed by atoms with Crippen molar-refractivity contribution in [1.82, 2.24) is 0 Å². The van der Waals surface area contributed by atoms with Gasteiger partial charge in [0.15, 0.2) is 0 Å². The van der Waals surface area contributed by atoms with Crippen LogP contribution in [0, 0.1) is 6.92 Å². The Morgan fingerprint density at radius 2 is 1.38 bits per heavy atom. The van der Waals surface area contributed by atoms with Crippen LogP contribution in [0.25, 0.3) is 0 Å². The summed E-state index contributed by atoms with van der Waals surface area (Å²) in [5, 5.41) is 0. The number of aryl methyl sites for hydroxylation is 1. The highest BCUT2D eigenvalue weighted by atomic mass is 32.2. The SMILES string of the molecule is C=C/C=C(\[C@@H](CCCCC)[Si](CCCC)(CCCC)CCCC)S(=O)c1ccc(C)cc1. The van der Waals surface area contributed by atoms with Crippen LogP contribution in [0.2, 0.25) is 23.7 Å². The molecular weight excluding hydrogens is 424 g/mol. The maximum absolute atomic E-state index is 14.0. The van der Waals surface area contributed by atoms with E-state index in [2.05, 4.69) is 71.5 Å². The average Bonchev–Trinajstić information content (AvgIpc) is 2.81. The lowest BCUT2D eigenvalue weighted by atomic mass is 10.1. The molecule has 1 rings (SSSR count). The number of allylic oxidation sites excluding steroid dienone is 3. The molecule has 0 amide bonds. The molecule has 1 unspecified atom stereocenters. The first-order valence-electron chi connectivity index (χ1n) is 13.3. The van der Waals surface area contributed by atoms with Crippen LogP contribution in [0.1, 0.15) is 97.5 Å². The van der Waals surface area contributed by atoms with Crippen molar-refractivity contribution >= 4 is 18.9 Å². The smallest absolute Gasteiger partial charge is 0.0808 e. The zero-order chi connectivity index (χ0) is 23.8. The van der Waals surface area contributed by atoms with Gasteiger partial charge in [0.1, 0.15) is 0 Å². The van der Waals surface area contributed by atoms with Crippen LogP contribution in [0.5, 0.6) is 0 Å². The summed E-state index contributed by atoms with van der Waals surface area (Å²) < 4.78 is 14.0. The molecule has 0 aliphatic heterocycles. The fourth-order valence-corrected chi connectivity index (χ4v) is 13.9. The van der Waals surface area contributed by atoms with Gasteiger partial charge in [-0.3, -0.25) is 0 Å². The molecule has 0 radical (unpaired) electrons. The normalized spacial score (nSPS) is 14.3. The Balaban J connectivity index is 3.53. The van der Waals surface area contributed by atoms with Crippen LogP contribution in [-0.4, -0.2) is 12.3 Å². The van der Waals surface area contributed by atoms with E-state index in [1.807, 2.05) is 6.08 Å². The summed E-state index contributed by atoms with van der Waals surface area (Å²) in [6, 6.07) is 12.5. The second-order valence-corrected chi connectivity index (χ2v) is 16.0. The lowest BCUT2D eigenvalue weighted by molar-refractivity contribution is 0.640. The van der Waals surface area contributed by atoms with Gasteiger partial charge in [0, 0.05) is 9.80 Å². The number of hydrogen-bond acceptors (Lipinski definition) is 1. The standard InChI is InChI=1S/C29H50OSSi/c1-7-12-16-18-29(32(23-13-8-2,24-14-9-3)25-15-10-4)28(17-11-5)31(30)27-21-19-26(6)20-22-27/h11,17,19-22,29H,5,7-10,12-16,18,23-25H2,1-4,6H3/b28-17+/t29-,31?/m1/s1. The summed E-state index contributed by atoms with van der Waals surface area (Å²) in [5.41, 5.74) is 1.72. The molecule has 182 valence electrons. The van der Waals surface area contributed by atoms with Crippen molar-refractivity contribution < 1.29 is 4.21 Å². The summed E-state index contributed by atoms with van der Waals surface area (Å²) >= 11 is 0. The summed E-state index contributed by atoms with van der Waals surface area (Å²) in [7, 11) is -2.76. The first-order valence-corrected chi connectivity index (χ1v) is 17.1. The van der Waals surface area contributed by atoms with Gasteiger partial charge in [-0.15, -0.1) is 0 Å². The highest BCUT2D eigenvalue weighted by Gasteiger charge is 2.42. The number of hydrogen-bond donors (Lipinski definition) is 0. The second kappa shape index (κ2) is 16.6. The lowest BCUT2D eigenvalue weighted by Crippen LogP contribution is -2.41. The van der Waals surface area contributed by atoms with Gasteiger partial charge in [-0.05, 0) is 31.0 Å². The van der Waals surface area contributed by atoms with Crippen LogP contribution in [0.3, 0.4) is 0 Å². The Morgan fingerprint density at radius 3 is 1.81 bits per heavy atom. The van der Waals surface area contributed by atoms with E-state index >= 15 is 0 Å². The monoisotopic (exact) mass is 474 g/mol. The highest BCUT2D eigenvalue weighted by molar-refractivity contribution is 7.89. The molecule has 0 aliphatic carbocycles. The summed E-state index contributed by atoms with van der Waals surface area (Å²) in [5.74, 6) is 0. The van der Waals surface area contributed by atoms with Crippen LogP contribution >= 0.6 is 0 Å². The van der Waals surface area contributed by atoms with E-state index in [9.17, 15) is 4.21 Å². The maximum Gasteiger partial charge on any atom is 0.0808 e. The average molecular weight is 475 g/mol. The zero-order valence-corrected chi connectivity index (χ0v) is 23.6. The predicted molar refractivity (Wildman–Crippen MR) is 149 cm³/mol. The number of rotatable bonds is 18. The fraction of sp³-hybridized carbons (Fsp3) is 0.655. The van der Waals surface area contributed by atoms with Gasteiger partial charge < -0.3 is 0 Å². The minimum absolute atomic E-state index is 0.499. The van der Waals surface area contributed by atoms with Gasteiger partial charge in [-0.1, -0.05) is 140 Å². The van der Waals surface area contributed by atoms with Gasteiger partial charge in [-0.25, -0.2) is 4.21 Å². The summed E-state index contributed by atoms with van der Waals surface area (Å²) in [6.07, 6.45) is 16.7. The Kier molecular flexibility index (Phi) is 15.1. The molecule has 1 nitrogen and oxygen atoms in total. The largest absolute Gasteiger partial charge is 0.249 e. The van der Waals surface area contributed by atoms with E-state index in [1.54, 1.807) is 0 Å². The number of benzene rings is 1. The minimum Gasteiger partial charge on any atom is -0.249 e. The van der Waals surface area contributed by atoms with E-state index < -0.39 is 18.9 Å².